The maximum atomic E-state index is 12.8. The number of hydrogen-bond acceptors (Lipinski definition) is 5. The third-order valence-corrected chi connectivity index (χ3v) is 4.84. The highest BCUT2D eigenvalue weighted by Gasteiger charge is 2.35. The van der Waals surface area contributed by atoms with E-state index in [9.17, 15) is 9.59 Å². The number of methoxy groups -OCH3 is 1. The molecule has 2 aromatic carbocycles. The number of carbonyl (C=O) groups excluding carboxylic acids is 2. The van der Waals surface area contributed by atoms with Crippen molar-refractivity contribution in [1.82, 2.24) is 0 Å². The minimum Gasteiger partial charge on any atom is -0.497 e. The number of nitrogens with one attached hydrogen (secondary N) is 1. The second-order valence-corrected chi connectivity index (χ2v) is 7.52. The van der Waals surface area contributed by atoms with E-state index in [0.29, 0.717) is 39.3 Å². The number of ketones is 1. The molecule has 1 N–H and O–H groups in total. The first-order valence-electron chi connectivity index (χ1n) is 9.03. The van der Waals surface area contributed by atoms with Crippen LogP contribution < -0.4 is 14.8 Å². The van der Waals surface area contributed by atoms with Gasteiger partial charge in [0.2, 0.25) is 0 Å². The first kappa shape index (κ1) is 18.1. The standard InChI is InChI=1S/C22H21NO5/c1-12-18-16(8-9-17-19(18)15(24)11-22(2,3)28-17)27-20(12)21(25)23-13-6-5-7-14(10-13)26-4/h5-10H,11H2,1-4H3,(H,23,25). The number of benzene rings is 2. The molecule has 1 amide bonds. The van der Waals surface area contributed by atoms with Gasteiger partial charge in [0.05, 0.1) is 19.1 Å². The Bertz CT molecular complexity index is 1110. The SMILES string of the molecule is COc1cccc(NC(=O)c2oc3ccc4c(c3c2C)C(=O)CC(C)(C)O4)c1. The fourth-order valence-electron chi connectivity index (χ4n) is 3.60. The molecule has 0 fully saturated rings. The highest BCUT2D eigenvalue weighted by atomic mass is 16.5. The fourth-order valence-corrected chi connectivity index (χ4v) is 3.60. The molecule has 144 valence electrons. The topological polar surface area (TPSA) is 77.8 Å². The van der Waals surface area contributed by atoms with Crippen LogP contribution >= 0.6 is 0 Å². The third kappa shape index (κ3) is 3.01. The molecule has 0 spiro atoms. The van der Waals surface area contributed by atoms with Crippen molar-refractivity contribution in [2.45, 2.75) is 32.8 Å². The van der Waals surface area contributed by atoms with Crippen LogP contribution in [0.4, 0.5) is 5.69 Å². The summed E-state index contributed by atoms with van der Waals surface area (Å²) in [6.07, 6.45) is 0.273. The Morgan fingerprint density at radius 1 is 1.21 bits per heavy atom. The number of fused-ring (bicyclic) bond motifs is 3. The van der Waals surface area contributed by atoms with Crippen LogP contribution in [0.5, 0.6) is 11.5 Å². The van der Waals surface area contributed by atoms with Gasteiger partial charge in [-0.15, -0.1) is 0 Å². The summed E-state index contributed by atoms with van der Waals surface area (Å²) in [7, 11) is 1.56. The van der Waals surface area contributed by atoms with Crippen LogP contribution in [0.2, 0.25) is 0 Å². The van der Waals surface area contributed by atoms with Crippen molar-refractivity contribution in [3.05, 3.63) is 53.3 Å². The molecule has 1 aliphatic heterocycles. The molecule has 6 nitrogen and oxygen atoms in total. The van der Waals surface area contributed by atoms with E-state index in [1.165, 1.54) is 0 Å². The third-order valence-electron chi connectivity index (χ3n) is 4.84. The minimum atomic E-state index is -0.554. The highest BCUT2D eigenvalue weighted by Crippen LogP contribution is 2.40. The molecule has 1 aliphatic rings. The second-order valence-electron chi connectivity index (χ2n) is 7.52. The molecule has 28 heavy (non-hydrogen) atoms. The zero-order valence-electron chi connectivity index (χ0n) is 16.2. The Labute approximate surface area is 162 Å². The van der Waals surface area contributed by atoms with Crippen molar-refractivity contribution in [2.24, 2.45) is 0 Å². The smallest absolute Gasteiger partial charge is 0.291 e. The molecular formula is C22H21NO5. The average molecular weight is 379 g/mol. The van der Waals surface area contributed by atoms with Gasteiger partial charge < -0.3 is 19.2 Å². The number of amides is 1. The van der Waals surface area contributed by atoms with Crippen molar-refractivity contribution < 1.29 is 23.5 Å². The lowest BCUT2D eigenvalue weighted by Gasteiger charge is -2.31. The molecule has 4 rings (SSSR count). The van der Waals surface area contributed by atoms with Gasteiger partial charge in [-0.25, -0.2) is 0 Å². The lowest BCUT2D eigenvalue weighted by molar-refractivity contribution is 0.0623. The number of Topliss-reactive ketones (excluding diaryl/α,β-unsaturated/α-hetero) is 1. The number of hydrogen-bond donors (Lipinski definition) is 1. The van der Waals surface area contributed by atoms with Gasteiger partial charge in [0.25, 0.3) is 5.91 Å². The molecule has 0 saturated carbocycles. The van der Waals surface area contributed by atoms with Gasteiger partial charge in [-0.2, -0.15) is 0 Å². The van der Waals surface area contributed by atoms with Gasteiger partial charge in [0, 0.05) is 22.7 Å². The molecule has 0 aliphatic carbocycles. The van der Waals surface area contributed by atoms with E-state index in [2.05, 4.69) is 5.32 Å². The molecule has 6 heteroatoms. The average Bonchev–Trinajstić information content (AvgIpc) is 2.97. The van der Waals surface area contributed by atoms with E-state index < -0.39 is 5.60 Å². The fraction of sp³-hybridized carbons (Fsp3) is 0.273. The maximum Gasteiger partial charge on any atom is 0.291 e. The maximum absolute atomic E-state index is 12.8. The number of anilines is 1. The van der Waals surface area contributed by atoms with Crippen LogP contribution in [0.15, 0.2) is 40.8 Å². The summed E-state index contributed by atoms with van der Waals surface area (Å²) in [4.78, 5) is 25.6. The zero-order valence-corrected chi connectivity index (χ0v) is 16.2. The van der Waals surface area contributed by atoms with Crippen molar-refractivity contribution in [3.8, 4) is 11.5 Å². The van der Waals surface area contributed by atoms with Crippen LogP contribution in [0.25, 0.3) is 11.0 Å². The van der Waals surface area contributed by atoms with Gasteiger partial charge in [-0.05, 0) is 45.0 Å². The molecule has 3 aromatic rings. The quantitative estimate of drug-likeness (QED) is 0.711. The van der Waals surface area contributed by atoms with Crippen LogP contribution in [0.3, 0.4) is 0 Å². The van der Waals surface area contributed by atoms with E-state index in [1.54, 1.807) is 50.4 Å². The highest BCUT2D eigenvalue weighted by molar-refractivity contribution is 6.14. The number of furan rings is 1. The number of ether oxygens (including phenoxy) is 2. The van der Waals surface area contributed by atoms with E-state index in [4.69, 9.17) is 13.9 Å². The molecule has 0 unspecified atom stereocenters. The number of aryl methyl sites for hydroxylation is 1. The summed E-state index contributed by atoms with van der Waals surface area (Å²) in [6, 6.07) is 10.5. The lowest BCUT2D eigenvalue weighted by Crippen LogP contribution is -2.35. The summed E-state index contributed by atoms with van der Waals surface area (Å²) in [5, 5.41) is 3.44. The summed E-state index contributed by atoms with van der Waals surface area (Å²) >= 11 is 0. The Morgan fingerprint density at radius 2 is 2.00 bits per heavy atom. The summed E-state index contributed by atoms with van der Waals surface area (Å²) in [5.41, 5.74) is 1.63. The predicted octanol–water partition coefficient (Wildman–Crippen LogP) is 4.75. The van der Waals surface area contributed by atoms with Crippen LogP contribution in [0, 0.1) is 6.92 Å². The van der Waals surface area contributed by atoms with Crippen LogP contribution in [-0.4, -0.2) is 24.4 Å². The molecule has 0 radical (unpaired) electrons. The number of carbonyl (C=O) groups is 2. The van der Waals surface area contributed by atoms with Crippen molar-refractivity contribution in [3.63, 3.8) is 0 Å². The van der Waals surface area contributed by atoms with Crippen molar-refractivity contribution >= 4 is 28.3 Å². The first-order valence-corrected chi connectivity index (χ1v) is 9.03. The molecule has 0 saturated heterocycles. The largest absolute Gasteiger partial charge is 0.497 e. The van der Waals surface area contributed by atoms with E-state index in [0.717, 1.165) is 0 Å². The first-order chi connectivity index (χ1) is 13.3. The molecular weight excluding hydrogens is 358 g/mol. The van der Waals surface area contributed by atoms with E-state index in [1.807, 2.05) is 13.8 Å². The number of rotatable bonds is 3. The Balaban J connectivity index is 1.75. The summed E-state index contributed by atoms with van der Waals surface area (Å²) in [5.74, 6) is 0.931. The predicted molar refractivity (Wildman–Crippen MR) is 106 cm³/mol. The monoisotopic (exact) mass is 379 g/mol. The lowest BCUT2D eigenvalue weighted by atomic mass is 9.90. The summed E-state index contributed by atoms with van der Waals surface area (Å²) < 4.78 is 17.0. The Hall–Kier alpha value is -3.28. The Kier molecular flexibility index (Phi) is 4.14. The normalized spacial score (nSPS) is 15.1. The van der Waals surface area contributed by atoms with Gasteiger partial charge in [-0.3, -0.25) is 9.59 Å². The molecule has 2 heterocycles. The summed E-state index contributed by atoms with van der Waals surface area (Å²) in [6.45, 7) is 5.54. The van der Waals surface area contributed by atoms with Crippen LogP contribution in [0.1, 0.15) is 46.7 Å². The molecule has 1 aromatic heterocycles. The van der Waals surface area contributed by atoms with Crippen molar-refractivity contribution in [2.75, 3.05) is 12.4 Å². The zero-order chi connectivity index (χ0) is 20.1. The van der Waals surface area contributed by atoms with Gasteiger partial charge in [0.15, 0.2) is 11.5 Å². The Morgan fingerprint density at radius 3 is 2.75 bits per heavy atom. The van der Waals surface area contributed by atoms with Crippen molar-refractivity contribution in [1.29, 1.82) is 0 Å². The van der Waals surface area contributed by atoms with Gasteiger partial charge >= 0.3 is 0 Å². The van der Waals surface area contributed by atoms with E-state index in [-0.39, 0.29) is 23.9 Å². The molecule has 0 atom stereocenters. The van der Waals surface area contributed by atoms with Gasteiger partial charge in [-0.1, -0.05) is 6.07 Å². The van der Waals surface area contributed by atoms with Gasteiger partial charge in [0.1, 0.15) is 22.7 Å². The minimum absolute atomic E-state index is 0.0134. The van der Waals surface area contributed by atoms with Crippen LogP contribution in [-0.2, 0) is 0 Å². The second kappa shape index (κ2) is 6.41. The van der Waals surface area contributed by atoms with E-state index >= 15 is 0 Å². The molecule has 0 bridgehead atoms.